The molecular formula is C30H35ClN6O5. The van der Waals surface area contributed by atoms with Crippen molar-refractivity contribution in [2.75, 3.05) is 43.6 Å². The number of anilines is 2. The molecule has 1 fully saturated rings. The summed E-state index contributed by atoms with van der Waals surface area (Å²) in [4.78, 5) is 55.3. The van der Waals surface area contributed by atoms with Crippen molar-refractivity contribution >= 4 is 47.4 Å². The van der Waals surface area contributed by atoms with Crippen LogP contribution in [0.2, 0.25) is 0 Å². The third kappa shape index (κ3) is 6.32. The van der Waals surface area contributed by atoms with Crippen LogP contribution in [0.25, 0.3) is 5.69 Å². The Morgan fingerprint density at radius 3 is 2.21 bits per heavy atom. The first kappa shape index (κ1) is 30.7. The van der Waals surface area contributed by atoms with Gasteiger partial charge in [0.2, 0.25) is 11.8 Å². The summed E-state index contributed by atoms with van der Waals surface area (Å²) in [6.07, 6.45) is 3.58. The quantitative estimate of drug-likeness (QED) is 0.364. The molecular weight excluding hydrogens is 560 g/mol. The maximum atomic E-state index is 14.0. The number of imide groups is 1. The number of hydrogen-bond donors (Lipinski definition) is 2. The lowest BCUT2D eigenvalue weighted by Crippen LogP contribution is -2.39. The van der Waals surface area contributed by atoms with Crippen LogP contribution in [-0.4, -0.2) is 67.2 Å². The Morgan fingerprint density at radius 1 is 0.905 bits per heavy atom. The Hall–Kier alpha value is -4.22. The molecule has 0 saturated carbocycles. The molecule has 3 heterocycles. The zero-order valence-electron chi connectivity index (χ0n) is 23.7. The number of hydrogen-bond acceptors (Lipinski definition) is 7. The summed E-state index contributed by atoms with van der Waals surface area (Å²) >= 11 is 0. The van der Waals surface area contributed by atoms with Gasteiger partial charge in [0.05, 0.1) is 12.8 Å². The first-order chi connectivity index (χ1) is 19.9. The molecule has 2 aliphatic rings. The zero-order chi connectivity index (χ0) is 28.9. The van der Waals surface area contributed by atoms with Crippen molar-refractivity contribution in [3.8, 4) is 11.4 Å². The number of ether oxygens (including phenoxy) is 1. The van der Waals surface area contributed by atoms with Crippen molar-refractivity contribution in [1.29, 1.82) is 0 Å². The van der Waals surface area contributed by atoms with Gasteiger partial charge in [-0.05, 0) is 87.8 Å². The van der Waals surface area contributed by atoms with E-state index in [-0.39, 0.29) is 42.0 Å². The summed E-state index contributed by atoms with van der Waals surface area (Å²) in [5, 5.41) is 9.94. The van der Waals surface area contributed by atoms with Crippen molar-refractivity contribution in [3.63, 3.8) is 0 Å². The molecule has 0 unspecified atom stereocenters. The van der Waals surface area contributed by atoms with Crippen LogP contribution in [0.4, 0.5) is 11.4 Å². The Balaban J connectivity index is 0.00000405. The van der Waals surface area contributed by atoms with Gasteiger partial charge in [0, 0.05) is 42.9 Å². The van der Waals surface area contributed by atoms with Gasteiger partial charge in [-0.25, -0.2) is 4.68 Å². The van der Waals surface area contributed by atoms with Gasteiger partial charge in [0.25, 0.3) is 11.8 Å². The van der Waals surface area contributed by atoms with E-state index in [1.54, 1.807) is 48.2 Å². The number of halogens is 1. The van der Waals surface area contributed by atoms with Crippen LogP contribution in [-0.2, 0) is 16.0 Å². The van der Waals surface area contributed by atoms with E-state index >= 15 is 0 Å². The normalized spacial score (nSPS) is 14.7. The van der Waals surface area contributed by atoms with Crippen LogP contribution in [0.15, 0.2) is 48.5 Å². The molecule has 42 heavy (non-hydrogen) atoms. The van der Waals surface area contributed by atoms with Crippen LogP contribution in [0.5, 0.6) is 5.75 Å². The van der Waals surface area contributed by atoms with Crippen LogP contribution < -0.4 is 25.2 Å². The number of nitrogens with one attached hydrogen (secondary N) is 2. The minimum atomic E-state index is -0.625. The monoisotopic (exact) mass is 594 g/mol. The second-order valence-corrected chi connectivity index (χ2v) is 10.1. The fourth-order valence-electron chi connectivity index (χ4n) is 5.26. The van der Waals surface area contributed by atoms with E-state index in [9.17, 15) is 19.2 Å². The molecule has 11 nitrogen and oxygen atoms in total. The minimum Gasteiger partial charge on any atom is -0.497 e. The lowest BCUT2D eigenvalue weighted by atomic mass is 10.0. The summed E-state index contributed by atoms with van der Waals surface area (Å²) in [5.41, 5.74) is 2.90. The SMILES string of the molecule is CNCCCC(=O)NC(=O)c1nn(-c2ccc(OC)cc2)c2c1CCN(c1ccc(N3CCCCC3=O)cc1)C2=O.Cl. The van der Waals surface area contributed by atoms with Gasteiger partial charge >= 0.3 is 0 Å². The molecule has 2 aromatic carbocycles. The van der Waals surface area contributed by atoms with Crippen molar-refractivity contribution < 1.29 is 23.9 Å². The van der Waals surface area contributed by atoms with Gasteiger partial charge in [-0.2, -0.15) is 5.10 Å². The Kier molecular flexibility index (Phi) is 9.97. The third-order valence-corrected chi connectivity index (χ3v) is 7.43. The first-order valence-electron chi connectivity index (χ1n) is 13.9. The Bertz CT molecular complexity index is 1450. The lowest BCUT2D eigenvalue weighted by Gasteiger charge is -2.29. The molecule has 0 bridgehead atoms. The van der Waals surface area contributed by atoms with Crippen LogP contribution in [0.1, 0.15) is 58.6 Å². The van der Waals surface area contributed by atoms with Crippen LogP contribution in [0.3, 0.4) is 0 Å². The number of amides is 4. The highest BCUT2D eigenvalue weighted by atomic mass is 35.5. The topological polar surface area (TPSA) is 126 Å². The number of benzene rings is 2. The minimum absolute atomic E-state index is 0. The summed E-state index contributed by atoms with van der Waals surface area (Å²) in [5.74, 6) is -0.581. The maximum absolute atomic E-state index is 14.0. The molecule has 12 heteroatoms. The molecule has 222 valence electrons. The Morgan fingerprint density at radius 2 is 1.57 bits per heavy atom. The second kappa shape index (κ2) is 13.6. The summed E-state index contributed by atoms with van der Waals surface area (Å²) < 4.78 is 6.73. The van der Waals surface area contributed by atoms with Gasteiger partial charge in [0.15, 0.2) is 5.69 Å². The number of rotatable bonds is 9. The van der Waals surface area contributed by atoms with E-state index in [1.165, 1.54) is 4.68 Å². The lowest BCUT2D eigenvalue weighted by molar-refractivity contribution is -0.120. The highest BCUT2D eigenvalue weighted by Gasteiger charge is 2.35. The van der Waals surface area contributed by atoms with E-state index in [2.05, 4.69) is 15.7 Å². The highest BCUT2D eigenvalue weighted by Crippen LogP contribution is 2.31. The van der Waals surface area contributed by atoms with E-state index in [0.29, 0.717) is 61.6 Å². The third-order valence-electron chi connectivity index (χ3n) is 7.43. The molecule has 1 saturated heterocycles. The summed E-state index contributed by atoms with van der Waals surface area (Å²) in [6, 6.07) is 14.4. The predicted molar refractivity (Wildman–Crippen MR) is 161 cm³/mol. The van der Waals surface area contributed by atoms with Gasteiger partial charge in [-0.3, -0.25) is 24.5 Å². The van der Waals surface area contributed by atoms with E-state index < -0.39 is 11.8 Å². The number of nitrogens with zero attached hydrogens (tertiary/aromatic N) is 4. The molecule has 5 rings (SSSR count). The van der Waals surface area contributed by atoms with Crippen molar-refractivity contribution in [1.82, 2.24) is 20.4 Å². The molecule has 0 spiro atoms. The number of fused-ring (bicyclic) bond motifs is 1. The zero-order valence-corrected chi connectivity index (χ0v) is 24.5. The van der Waals surface area contributed by atoms with Gasteiger partial charge in [-0.1, -0.05) is 0 Å². The molecule has 2 N–H and O–H groups in total. The Labute approximate surface area is 250 Å². The summed E-state index contributed by atoms with van der Waals surface area (Å²) in [7, 11) is 3.36. The van der Waals surface area contributed by atoms with Crippen molar-refractivity contribution in [2.45, 2.75) is 38.5 Å². The number of piperidine rings is 1. The predicted octanol–water partition coefficient (Wildman–Crippen LogP) is 3.28. The average molecular weight is 595 g/mol. The fourth-order valence-corrected chi connectivity index (χ4v) is 5.26. The maximum Gasteiger partial charge on any atom is 0.278 e. The molecule has 1 aromatic heterocycles. The first-order valence-corrected chi connectivity index (χ1v) is 13.9. The standard InChI is InChI=1S/C30H34N6O5.ClH/c1-31-17-5-6-25(37)32-29(39)27-24-16-19-35(21-10-8-20(9-11-21)34-18-4-3-7-26(34)38)30(40)28(24)36(33-27)22-12-14-23(41-2)15-13-22;/h8-15,31H,3-7,16-19H2,1-2H3,(H,32,37,39);1H. The van der Waals surface area contributed by atoms with E-state index in [1.807, 2.05) is 24.3 Å². The molecule has 3 aromatic rings. The van der Waals surface area contributed by atoms with Gasteiger partial charge < -0.3 is 19.9 Å². The van der Waals surface area contributed by atoms with Gasteiger partial charge in [-0.15, -0.1) is 12.4 Å². The van der Waals surface area contributed by atoms with Crippen molar-refractivity contribution in [3.05, 3.63) is 65.5 Å². The van der Waals surface area contributed by atoms with Crippen molar-refractivity contribution in [2.24, 2.45) is 0 Å². The molecule has 0 atom stereocenters. The van der Waals surface area contributed by atoms with E-state index in [0.717, 1.165) is 18.5 Å². The average Bonchev–Trinajstić information content (AvgIpc) is 3.39. The molecule has 0 aliphatic carbocycles. The van der Waals surface area contributed by atoms with Crippen LogP contribution in [0, 0.1) is 0 Å². The fraction of sp³-hybridized carbons (Fsp3) is 0.367. The van der Waals surface area contributed by atoms with E-state index in [4.69, 9.17) is 4.74 Å². The number of carbonyl (C=O) groups excluding carboxylic acids is 4. The van der Waals surface area contributed by atoms with Gasteiger partial charge in [0.1, 0.15) is 11.4 Å². The number of aromatic nitrogens is 2. The number of carbonyl (C=O) groups is 4. The molecule has 0 radical (unpaired) electrons. The smallest absolute Gasteiger partial charge is 0.278 e. The summed E-state index contributed by atoms with van der Waals surface area (Å²) in [6.45, 7) is 1.68. The largest absolute Gasteiger partial charge is 0.497 e. The molecule has 4 amide bonds. The van der Waals surface area contributed by atoms with Crippen LogP contribution >= 0.6 is 12.4 Å². The molecule has 2 aliphatic heterocycles. The highest BCUT2D eigenvalue weighted by molar-refractivity contribution is 6.11. The number of methoxy groups -OCH3 is 1. The second-order valence-electron chi connectivity index (χ2n) is 10.1.